The zero-order valence-corrected chi connectivity index (χ0v) is 13.4. The van der Waals surface area contributed by atoms with Gasteiger partial charge in [-0.25, -0.2) is 9.97 Å². The van der Waals surface area contributed by atoms with Gasteiger partial charge < -0.3 is 0 Å². The Hall–Kier alpha value is -1.41. The van der Waals surface area contributed by atoms with Crippen molar-refractivity contribution in [3.05, 3.63) is 46.9 Å². The average molecular weight is 301 g/mol. The summed E-state index contributed by atoms with van der Waals surface area (Å²) in [5.74, 6) is 2.14. The third-order valence-corrected chi connectivity index (χ3v) is 4.82. The maximum absolute atomic E-state index is 6.37. The van der Waals surface area contributed by atoms with Gasteiger partial charge in [0.2, 0.25) is 0 Å². The van der Waals surface area contributed by atoms with Gasteiger partial charge in [-0.1, -0.05) is 61.7 Å². The minimum atomic E-state index is 0.453. The molecule has 3 heteroatoms. The van der Waals surface area contributed by atoms with E-state index in [9.17, 15) is 0 Å². The first-order valence-electron chi connectivity index (χ1n) is 7.74. The predicted octanol–water partition coefficient (Wildman–Crippen LogP) is 5.40. The predicted molar refractivity (Wildman–Crippen MR) is 87.6 cm³/mol. The van der Waals surface area contributed by atoms with Crippen molar-refractivity contribution in [1.82, 2.24) is 9.97 Å². The van der Waals surface area contributed by atoms with Crippen LogP contribution >= 0.6 is 11.6 Å². The van der Waals surface area contributed by atoms with E-state index in [2.05, 4.69) is 24.0 Å². The smallest absolute Gasteiger partial charge is 0.136 e. The molecule has 2 aromatic rings. The summed E-state index contributed by atoms with van der Waals surface area (Å²) in [5, 5.41) is 0.595. The van der Waals surface area contributed by atoms with Crippen LogP contribution in [0.1, 0.15) is 49.9 Å². The van der Waals surface area contributed by atoms with Crippen LogP contribution < -0.4 is 0 Å². The molecule has 3 rings (SSSR count). The number of benzene rings is 1. The van der Waals surface area contributed by atoms with E-state index >= 15 is 0 Å². The molecular weight excluding hydrogens is 280 g/mol. The standard InChI is InChI=1S/C18H21ClN2/c1-12-7-6-10-15(11-12)18-20-16(13(2)17(19)21-18)14-8-4-3-5-9-14/h3-5,8-9,12,15H,6-7,10-11H2,1-2H3. The van der Waals surface area contributed by atoms with Crippen molar-refractivity contribution < 1.29 is 0 Å². The lowest BCUT2D eigenvalue weighted by molar-refractivity contribution is 0.335. The fourth-order valence-electron chi connectivity index (χ4n) is 3.23. The number of halogens is 1. The van der Waals surface area contributed by atoms with Gasteiger partial charge in [-0.3, -0.25) is 0 Å². The second-order valence-electron chi connectivity index (χ2n) is 6.18. The summed E-state index contributed by atoms with van der Waals surface area (Å²) in [6, 6.07) is 10.3. The molecule has 0 N–H and O–H groups in total. The van der Waals surface area contributed by atoms with Crippen molar-refractivity contribution >= 4 is 11.6 Å². The van der Waals surface area contributed by atoms with Crippen LogP contribution in [-0.2, 0) is 0 Å². The van der Waals surface area contributed by atoms with Crippen LogP contribution in [0.15, 0.2) is 30.3 Å². The van der Waals surface area contributed by atoms with Crippen molar-refractivity contribution in [2.75, 3.05) is 0 Å². The fourth-order valence-corrected chi connectivity index (χ4v) is 3.41. The van der Waals surface area contributed by atoms with Gasteiger partial charge in [-0.2, -0.15) is 0 Å². The van der Waals surface area contributed by atoms with Crippen LogP contribution in [-0.4, -0.2) is 9.97 Å². The van der Waals surface area contributed by atoms with Gasteiger partial charge >= 0.3 is 0 Å². The van der Waals surface area contributed by atoms with Gasteiger partial charge in [-0.15, -0.1) is 0 Å². The highest BCUT2D eigenvalue weighted by molar-refractivity contribution is 6.30. The molecule has 0 spiro atoms. The van der Waals surface area contributed by atoms with E-state index in [4.69, 9.17) is 16.6 Å². The molecule has 1 aromatic carbocycles. The van der Waals surface area contributed by atoms with E-state index in [1.807, 2.05) is 25.1 Å². The first kappa shape index (κ1) is 14.5. The topological polar surface area (TPSA) is 25.8 Å². The van der Waals surface area contributed by atoms with Crippen LogP contribution in [0.5, 0.6) is 0 Å². The minimum absolute atomic E-state index is 0.453. The Kier molecular flexibility index (Phi) is 4.25. The van der Waals surface area contributed by atoms with Crippen LogP contribution in [0.4, 0.5) is 0 Å². The zero-order chi connectivity index (χ0) is 14.8. The summed E-state index contributed by atoms with van der Waals surface area (Å²) >= 11 is 6.37. The van der Waals surface area contributed by atoms with Gasteiger partial charge in [0, 0.05) is 17.0 Å². The maximum atomic E-state index is 6.37. The molecule has 1 saturated carbocycles. The lowest BCUT2D eigenvalue weighted by Crippen LogP contribution is -2.15. The van der Waals surface area contributed by atoms with E-state index in [0.29, 0.717) is 11.1 Å². The van der Waals surface area contributed by atoms with Crippen LogP contribution in [0.3, 0.4) is 0 Å². The van der Waals surface area contributed by atoms with Gasteiger partial charge in [0.25, 0.3) is 0 Å². The highest BCUT2D eigenvalue weighted by Crippen LogP contribution is 2.36. The zero-order valence-electron chi connectivity index (χ0n) is 12.6. The van der Waals surface area contributed by atoms with E-state index in [1.165, 1.54) is 25.7 Å². The molecule has 2 unspecified atom stereocenters. The summed E-state index contributed by atoms with van der Waals surface area (Å²) in [5.41, 5.74) is 3.06. The van der Waals surface area contributed by atoms with Crippen molar-refractivity contribution in [3.63, 3.8) is 0 Å². The first-order valence-corrected chi connectivity index (χ1v) is 8.12. The molecule has 1 aliphatic carbocycles. The Morgan fingerprint density at radius 1 is 1.10 bits per heavy atom. The van der Waals surface area contributed by atoms with E-state index in [1.54, 1.807) is 0 Å². The number of rotatable bonds is 2. The summed E-state index contributed by atoms with van der Waals surface area (Å²) in [6.45, 7) is 4.32. The lowest BCUT2D eigenvalue weighted by Gasteiger charge is -2.26. The Labute approximate surface area is 131 Å². The van der Waals surface area contributed by atoms with Gasteiger partial charge in [0.05, 0.1) is 5.69 Å². The first-order chi connectivity index (χ1) is 10.1. The van der Waals surface area contributed by atoms with Crippen LogP contribution in [0, 0.1) is 12.8 Å². The number of nitrogens with zero attached hydrogens (tertiary/aromatic N) is 2. The molecule has 110 valence electrons. The quantitative estimate of drug-likeness (QED) is 0.694. The van der Waals surface area contributed by atoms with Crippen LogP contribution in [0.2, 0.25) is 5.15 Å². The van der Waals surface area contributed by atoms with Gasteiger partial charge in [0.15, 0.2) is 0 Å². The van der Waals surface area contributed by atoms with Gasteiger partial charge in [-0.05, 0) is 25.7 Å². The summed E-state index contributed by atoms with van der Waals surface area (Å²) < 4.78 is 0. The second kappa shape index (κ2) is 6.15. The number of aromatic nitrogens is 2. The average Bonchev–Trinajstić information content (AvgIpc) is 2.51. The lowest BCUT2D eigenvalue weighted by atomic mass is 9.82. The van der Waals surface area contributed by atoms with Gasteiger partial charge in [0.1, 0.15) is 11.0 Å². The van der Waals surface area contributed by atoms with E-state index < -0.39 is 0 Å². The number of hydrogen-bond donors (Lipinski definition) is 0. The van der Waals surface area contributed by atoms with Crippen molar-refractivity contribution in [1.29, 1.82) is 0 Å². The monoisotopic (exact) mass is 300 g/mol. The van der Waals surface area contributed by atoms with Crippen molar-refractivity contribution in [2.24, 2.45) is 5.92 Å². The molecule has 1 fully saturated rings. The highest BCUT2D eigenvalue weighted by Gasteiger charge is 2.24. The molecule has 2 nitrogen and oxygen atoms in total. The molecule has 0 radical (unpaired) electrons. The van der Waals surface area contributed by atoms with E-state index in [-0.39, 0.29) is 0 Å². The summed E-state index contributed by atoms with van der Waals surface area (Å²) in [7, 11) is 0. The Bertz CT molecular complexity index is 625. The molecule has 0 saturated heterocycles. The second-order valence-corrected chi connectivity index (χ2v) is 6.54. The third kappa shape index (κ3) is 3.11. The molecule has 0 amide bonds. The third-order valence-electron chi connectivity index (χ3n) is 4.45. The summed E-state index contributed by atoms with van der Waals surface area (Å²) in [6.07, 6.45) is 4.94. The normalized spacial score (nSPS) is 22.2. The van der Waals surface area contributed by atoms with Crippen LogP contribution in [0.25, 0.3) is 11.3 Å². The SMILES string of the molecule is Cc1c(Cl)nc(C2CCCC(C)C2)nc1-c1ccccc1. The fraction of sp³-hybridized carbons (Fsp3) is 0.444. The van der Waals surface area contributed by atoms with Crippen molar-refractivity contribution in [3.8, 4) is 11.3 Å². The molecule has 21 heavy (non-hydrogen) atoms. The Balaban J connectivity index is 2.01. The largest absolute Gasteiger partial charge is 0.232 e. The molecule has 0 bridgehead atoms. The molecule has 1 aliphatic rings. The molecule has 0 aliphatic heterocycles. The molecule has 1 aromatic heterocycles. The summed E-state index contributed by atoms with van der Waals surface area (Å²) in [4.78, 5) is 9.44. The Morgan fingerprint density at radius 3 is 2.57 bits per heavy atom. The molecule has 1 heterocycles. The number of hydrogen-bond acceptors (Lipinski definition) is 2. The Morgan fingerprint density at radius 2 is 1.86 bits per heavy atom. The van der Waals surface area contributed by atoms with Crippen molar-refractivity contribution in [2.45, 2.75) is 45.4 Å². The molecular formula is C18H21ClN2. The highest BCUT2D eigenvalue weighted by atomic mass is 35.5. The van der Waals surface area contributed by atoms with E-state index in [0.717, 1.165) is 28.6 Å². The maximum Gasteiger partial charge on any atom is 0.136 e. The minimum Gasteiger partial charge on any atom is -0.232 e. The molecule has 2 atom stereocenters.